The summed E-state index contributed by atoms with van der Waals surface area (Å²) >= 11 is 0. The molecule has 1 unspecified atom stereocenters. The maximum atomic E-state index is 11.4. The highest BCUT2D eigenvalue weighted by atomic mass is 28.4. The molecule has 0 radical (unpaired) electrons. The van der Waals surface area contributed by atoms with E-state index in [9.17, 15) is 4.79 Å². The van der Waals surface area contributed by atoms with Gasteiger partial charge in [-0.3, -0.25) is 0 Å². The van der Waals surface area contributed by atoms with Crippen LogP contribution in [0, 0.1) is 0 Å². The van der Waals surface area contributed by atoms with Gasteiger partial charge in [-0.2, -0.15) is 0 Å². The molecule has 0 aromatic rings. The van der Waals surface area contributed by atoms with Crippen LogP contribution in [-0.2, 0) is 22.8 Å². The Hall–Kier alpha value is -0.693. The predicted octanol–water partition coefficient (Wildman–Crippen LogP) is 4.49. The van der Waals surface area contributed by atoms with Crippen molar-refractivity contribution >= 4 is 14.8 Å². The summed E-state index contributed by atoms with van der Waals surface area (Å²) in [5, 5.41) is 0. The molecule has 1 atom stereocenters. The lowest BCUT2D eigenvalue weighted by atomic mass is 10.1. The molecule has 0 rings (SSSR count). The van der Waals surface area contributed by atoms with Gasteiger partial charge in [0.2, 0.25) is 0 Å². The molecule has 0 saturated heterocycles. The lowest BCUT2D eigenvalue weighted by Gasteiger charge is -2.28. The van der Waals surface area contributed by atoms with Crippen LogP contribution in [0.25, 0.3) is 0 Å². The Morgan fingerprint density at radius 1 is 0.958 bits per heavy atom. The Labute approximate surface area is 149 Å². The van der Waals surface area contributed by atoms with Crippen LogP contribution in [0.2, 0.25) is 6.04 Å². The van der Waals surface area contributed by atoms with E-state index in [0.29, 0.717) is 25.4 Å². The van der Waals surface area contributed by atoms with Gasteiger partial charge < -0.3 is 18.0 Å². The third kappa shape index (κ3) is 10.2. The van der Waals surface area contributed by atoms with E-state index in [2.05, 4.69) is 6.58 Å². The van der Waals surface area contributed by atoms with Crippen molar-refractivity contribution in [2.24, 2.45) is 0 Å². The topological polar surface area (TPSA) is 54.0 Å². The summed E-state index contributed by atoms with van der Waals surface area (Å²) in [5.41, 5.74) is 0.450. The standard InChI is InChI=1S/C18H36O5Si/c1-7-20-24(21-8-2,22-9-3)15-13-11-10-12-14-17(6)23-18(19)16(4)5/h17H,4,7-15H2,1-3,5-6H3. The quantitative estimate of drug-likeness (QED) is 0.186. The molecule has 24 heavy (non-hydrogen) atoms. The number of esters is 1. The molecule has 6 heteroatoms. The molecule has 0 aliphatic rings. The fraction of sp³-hybridized carbons (Fsp3) is 0.833. The van der Waals surface area contributed by atoms with E-state index in [4.69, 9.17) is 18.0 Å². The van der Waals surface area contributed by atoms with Crippen LogP contribution in [0.5, 0.6) is 0 Å². The van der Waals surface area contributed by atoms with Crippen LogP contribution in [0.15, 0.2) is 12.2 Å². The fourth-order valence-electron chi connectivity index (χ4n) is 2.47. The van der Waals surface area contributed by atoms with E-state index < -0.39 is 8.80 Å². The van der Waals surface area contributed by atoms with Crippen molar-refractivity contribution in [3.05, 3.63) is 12.2 Å². The molecular weight excluding hydrogens is 324 g/mol. The highest BCUT2D eigenvalue weighted by Crippen LogP contribution is 2.21. The third-order valence-electron chi connectivity index (χ3n) is 3.59. The second-order valence-electron chi connectivity index (χ2n) is 5.93. The molecule has 0 aliphatic heterocycles. The number of hydrogen-bond acceptors (Lipinski definition) is 5. The van der Waals surface area contributed by atoms with E-state index >= 15 is 0 Å². The highest BCUT2D eigenvalue weighted by Gasteiger charge is 2.39. The van der Waals surface area contributed by atoms with Crippen molar-refractivity contribution in [3.63, 3.8) is 0 Å². The predicted molar refractivity (Wildman–Crippen MR) is 98.9 cm³/mol. The summed E-state index contributed by atoms with van der Waals surface area (Å²) in [6.45, 7) is 15.0. The first-order valence-corrected chi connectivity index (χ1v) is 11.1. The maximum absolute atomic E-state index is 11.4. The van der Waals surface area contributed by atoms with Crippen LogP contribution in [0.3, 0.4) is 0 Å². The Morgan fingerprint density at radius 2 is 1.46 bits per heavy atom. The van der Waals surface area contributed by atoms with Crippen molar-refractivity contribution < 1.29 is 22.8 Å². The first kappa shape index (κ1) is 23.3. The zero-order valence-corrected chi connectivity index (χ0v) is 17.2. The van der Waals surface area contributed by atoms with Crippen LogP contribution >= 0.6 is 0 Å². The zero-order chi connectivity index (χ0) is 18.4. The van der Waals surface area contributed by atoms with Gasteiger partial charge in [-0.05, 0) is 53.9 Å². The van der Waals surface area contributed by atoms with Gasteiger partial charge >= 0.3 is 14.8 Å². The summed E-state index contributed by atoms with van der Waals surface area (Å²) < 4.78 is 22.8. The van der Waals surface area contributed by atoms with Gasteiger partial charge in [-0.25, -0.2) is 4.79 Å². The van der Waals surface area contributed by atoms with E-state index in [-0.39, 0.29) is 12.1 Å². The number of unbranched alkanes of at least 4 members (excludes halogenated alkanes) is 3. The van der Waals surface area contributed by atoms with Gasteiger partial charge in [-0.15, -0.1) is 0 Å². The third-order valence-corrected chi connectivity index (χ3v) is 6.74. The van der Waals surface area contributed by atoms with Gasteiger partial charge in [0, 0.05) is 31.4 Å². The summed E-state index contributed by atoms with van der Waals surface area (Å²) in [6.07, 6.45) is 5.10. The molecule has 0 heterocycles. The molecular formula is C18H36O5Si. The number of carbonyl (C=O) groups is 1. The zero-order valence-electron chi connectivity index (χ0n) is 16.2. The lowest BCUT2D eigenvalue weighted by molar-refractivity contribution is -0.143. The Morgan fingerprint density at radius 3 is 1.92 bits per heavy atom. The second-order valence-corrected chi connectivity index (χ2v) is 8.66. The van der Waals surface area contributed by atoms with E-state index in [1.165, 1.54) is 0 Å². The van der Waals surface area contributed by atoms with E-state index in [1.807, 2.05) is 27.7 Å². The molecule has 0 aliphatic carbocycles. The molecule has 0 aromatic carbocycles. The van der Waals surface area contributed by atoms with Gasteiger partial charge in [0.05, 0.1) is 6.10 Å². The number of ether oxygens (including phenoxy) is 1. The van der Waals surface area contributed by atoms with E-state index in [1.54, 1.807) is 6.92 Å². The molecule has 0 bridgehead atoms. The SMILES string of the molecule is C=C(C)C(=O)OC(C)CCCCCC[Si](OCC)(OCC)OCC. The van der Waals surface area contributed by atoms with Crippen LogP contribution in [0.1, 0.15) is 66.7 Å². The van der Waals surface area contributed by atoms with E-state index in [0.717, 1.165) is 38.1 Å². The molecule has 0 aromatic heterocycles. The Balaban J connectivity index is 4.00. The molecule has 5 nitrogen and oxygen atoms in total. The number of hydrogen-bond donors (Lipinski definition) is 0. The second kappa shape index (κ2) is 13.6. The largest absolute Gasteiger partial charge is 0.500 e. The average Bonchev–Trinajstić information content (AvgIpc) is 2.51. The summed E-state index contributed by atoms with van der Waals surface area (Å²) in [7, 11) is -2.49. The van der Waals surface area contributed by atoms with Gasteiger partial charge in [0.15, 0.2) is 0 Å². The van der Waals surface area contributed by atoms with Crippen molar-refractivity contribution in [1.82, 2.24) is 0 Å². The van der Waals surface area contributed by atoms with Crippen molar-refractivity contribution in [1.29, 1.82) is 0 Å². The molecule has 0 spiro atoms. The number of carbonyl (C=O) groups excluding carboxylic acids is 1. The van der Waals surface area contributed by atoms with Gasteiger partial charge in [-0.1, -0.05) is 19.4 Å². The molecule has 0 amide bonds. The molecule has 0 fully saturated rings. The minimum atomic E-state index is -2.49. The Bertz CT molecular complexity index is 342. The van der Waals surface area contributed by atoms with Gasteiger partial charge in [0.25, 0.3) is 0 Å². The monoisotopic (exact) mass is 360 g/mol. The number of rotatable bonds is 15. The van der Waals surface area contributed by atoms with Crippen molar-refractivity contribution in [2.45, 2.75) is 78.9 Å². The smallest absolute Gasteiger partial charge is 0.459 e. The summed E-state index contributed by atoms with van der Waals surface area (Å²) in [5.74, 6) is -0.302. The maximum Gasteiger partial charge on any atom is 0.500 e. The molecule has 142 valence electrons. The van der Waals surface area contributed by atoms with Crippen LogP contribution < -0.4 is 0 Å². The average molecular weight is 361 g/mol. The van der Waals surface area contributed by atoms with Crippen LogP contribution in [0.4, 0.5) is 0 Å². The minimum Gasteiger partial charge on any atom is -0.459 e. The van der Waals surface area contributed by atoms with Crippen molar-refractivity contribution in [2.75, 3.05) is 19.8 Å². The molecule has 0 saturated carbocycles. The first-order chi connectivity index (χ1) is 11.4. The summed E-state index contributed by atoms with van der Waals surface area (Å²) in [4.78, 5) is 11.4. The first-order valence-electron chi connectivity index (χ1n) is 9.19. The fourth-order valence-corrected chi connectivity index (χ4v) is 5.16. The van der Waals surface area contributed by atoms with Gasteiger partial charge in [0.1, 0.15) is 0 Å². The van der Waals surface area contributed by atoms with Crippen molar-refractivity contribution in [3.8, 4) is 0 Å². The minimum absolute atomic E-state index is 0.0575. The lowest BCUT2D eigenvalue weighted by Crippen LogP contribution is -2.45. The highest BCUT2D eigenvalue weighted by molar-refractivity contribution is 6.60. The summed E-state index contributed by atoms with van der Waals surface area (Å²) in [6, 6.07) is 0.864. The molecule has 0 N–H and O–H groups in total. The normalized spacial score (nSPS) is 12.9. The Kier molecular flexibility index (Phi) is 13.2. The van der Waals surface area contributed by atoms with Crippen LogP contribution in [-0.4, -0.2) is 40.7 Å².